The first-order valence-electron chi connectivity index (χ1n) is 9.66. The van der Waals surface area contributed by atoms with Gasteiger partial charge in [-0.15, -0.1) is 12.3 Å². The van der Waals surface area contributed by atoms with Crippen LogP contribution in [-0.4, -0.2) is 40.9 Å². The number of nitrogens with one attached hydrogen (secondary N) is 1. The van der Waals surface area contributed by atoms with Crippen molar-refractivity contribution in [1.82, 2.24) is 9.97 Å². The van der Waals surface area contributed by atoms with Crippen molar-refractivity contribution in [3.05, 3.63) is 42.2 Å². The lowest BCUT2D eigenvalue weighted by Gasteiger charge is -2.35. The largest absolute Gasteiger partial charge is 0.366 e. The molecule has 1 fully saturated rings. The molecule has 1 saturated heterocycles. The smallest absolute Gasteiger partial charge is 0.329 e. The summed E-state index contributed by atoms with van der Waals surface area (Å²) >= 11 is 0. The third-order valence-electron chi connectivity index (χ3n) is 5.35. The van der Waals surface area contributed by atoms with Crippen LogP contribution >= 0.6 is 0 Å². The Morgan fingerprint density at radius 1 is 1.31 bits per heavy atom. The van der Waals surface area contributed by atoms with Crippen molar-refractivity contribution in [2.45, 2.75) is 32.7 Å². The molecule has 1 atom stereocenters. The SMILES string of the molecule is C#CC(C)(C)CC(=O)c1ccc2c(n1)N(C(=O)Nc1ccccn1)[C@H]1CCN2C1. The molecule has 2 aliphatic rings. The Kier molecular flexibility index (Phi) is 4.71. The van der Waals surface area contributed by atoms with Crippen molar-refractivity contribution in [3.63, 3.8) is 0 Å². The van der Waals surface area contributed by atoms with Crippen LogP contribution in [0.25, 0.3) is 0 Å². The highest BCUT2D eigenvalue weighted by atomic mass is 16.2. The molecule has 7 heteroatoms. The van der Waals surface area contributed by atoms with Crippen molar-refractivity contribution >= 4 is 29.1 Å². The molecule has 0 spiro atoms. The molecular weight excluding hydrogens is 366 g/mol. The summed E-state index contributed by atoms with van der Waals surface area (Å²) in [7, 11) is 0. The maximum Gasteiger partial charge on any atom is 0.329 e. The third-order valence-corrected chi connectivity index (χ3v) is 5.35. The first-order valence-corrected chi connectivity index (χ1v) is 9.66. The number of terminal acetylenes is 1. The minimum Gasteiger partial charge on any atom is -0.366 e. The van der Waals surface area contributed by atoms with Crippen LogP contribution in [-0.2, 0) is 0 Å². The molecule has 2 aliphatic heterocycles. The van der Waals surface area contributed by atoms with Crippen LogP contribution < -0.4 is 15.1 Å². The number of anilines is 3. The number of pyridine rings is 2. The van der Waals surface area contributed by atoms with Crippen LogP contribution in [0.5, 0.6) is 0 Å². The van der Waals surface area contributed by atoms with Gasteiger partial charge in [0.1, 0.15) is 11.5 Å². The van der Waals surface area contributed by atoms with E-state index in [4.69, 9.17) is 6.42 Å². The predicted octanol–water partition coefficient (Wildman–Crippen LogP) is 3.34. The molecule has 0 aromatic carbocycles. The fourth-order valence-electron chi connectivity index (χ4n) is 3.78. The van der Waals surface area contributed by atoms with Gasteiger partial charge in [-0.3, -0.25) is 15.0 Å². The molecule has 0 unspecified atom stereocenters. The van der Waals surface area contributed by atoms with Crippen molar-refractivity contribution in [2.24, 2.45) is 5.41 Å². The maximum atomic E-state index is 13.1. The first kappa shape index (κ1) is 18.9. The Morgan fingerprint density at radius 3 is 2.86 bits per heavy atom. The number of aromatic nitrogens is 2. The van der Waals surface area contributed by atoms with E-state index in [-0.39, 0.29) is 24.3 Å². The number of rotatable bonds is 4. The lowest BCUT2D eigenvalue weighted by molar-refractivity contribution is 0.0948. The average molecular weight is 389 g/mol. The zero-order valence-corrected chi connectivity index (χ0v) is 16.6. The molecular formula is C22H23N5O2. The number of ketones is 1. The van der Waals surface area contributed by atoms with Gasteiger partial charge in [0.2, 0.25) is 0 Å². The van der Waals surface area contributed by atoms with Crippen LogP contribution in [0.3, 0.4) is 0 Å². The second-order valence-electron chi connectivity index (χ2n) is 8.07. The van der Waals surface area contributed by atoms with E-state index in [1.54, 1.807) is 29.3 Å². The highest BCUT2D eigenvalue weighted by molar-refractivity contribution is 6.05. The van der Waals surface area contributed by atoms with Gasteiger partial charge in [-0.2, -0.15) is 0 Å². The molecule has 7 nitrogen and oxygen atoms in total. The predicted molar refractivity (Wildman–Crippen MR) is 112 cm³/mol. The minimum atomic E-state index is -0.548. The number of carbonyl (C=O) groups excluding carboxylic acids is 2. The summed E-state index contributed by atoms with van der Waals surface area (Å²) in [5.74, 6) is 3.50. The van der Waals surface area contributed by atoms with Crippen molar-refractivity contribution in [3.8, 4) is 12.3 Å². The summed E-state index contributed by atoms with van der Waals surface area (Å²) in [5.41, 5.74) is 0.639. The van der Waals surface area contributed by atoms with Gasteiger partial charge in [0, 0.05) is 31.1 Å². The van der Waals surface area contributed by atoms with E-state index in [2.05, 4.69) is 26.1 Å². The zero-order valence-electron chi connectivity index (χ0n) is 16.6. The Labute approximate surface area is 170 Å². The molecule has 29 heavy (non-hydrogen) atoms. The fourth-order valence-corrected chi connectivity index (χ4v) is 3.78. The number of urea groups is 1. The summed E-state index contributed by atoms with van der Waals surface area (Å²) in [6.45, 7) is 5.30. The van der Waals surface area contributed by atoms with Gasteiger partial charge < -0.3 is 4.90 Å². The monoisotopic (exact) mass is 389 g/mol. The zero-order chi connectivity index (χ0) is 20.6. The summed E-state index contributed by atoms with van der Waals surface area (Å²) in [6.07, 6.45) is 8.19. The van der Waals surface area contributed by atoms with Gasteiger partial charge in [0.25, 0.3) is 0 Å². The molecule has 148 valence electrons. The first-order chi connectivity index (χ1) is 13.9. The second-order valence-corrected chi connectivity index (χ2v) is 8.07. The molecule has 4 heterocycles. The van der Waals surface area contributed by atoms with E-state index in [9.17, 15) is 9.59 Å². The van der Waals surface area contributed by atoms with Gasteiger partial charge in [0.15, 0.2) is 11.6 Å². The van der Waals surface area contributed by atoms with E-state index in [0.29, 0.717) is 17.3 Å². The molecule has 0 radical (unpaired) electrons. The minimum absolute atomic E-state index is 0.00575. The standard InChI is InChI=1S/C22H23N5O2/c1-4-22(2,3)13-18(28)16-8-9-17-20(24-16)27(15-10-12-26(17)14-15)21(29)25-19-7-5-6-11-23-19/h1,5-9,11,15H,10,12-14H2,2-3H3,(H,23,25,29)/t15-/m0/s1. The summed E-state index contributed by atoms with van der Waals surface area (Å²) < 4.78 is 0. The summed E-state index contributed by atoms with van der Waals surface area (Å²) in [5, 5.41) is 2.84. The Balaban J connectivity index is 1.66. The normalized spacial score (nSPS) is 17.5. The molecule has 1 N–H and O–H groups in total. The average Bonchev–Trinajstić information content (AvgIpc) is 3.12. The van der Waals surface area contributed by atoms with Crippen LogP contribution in [0.1, 0.15) is 37.2 Å². The van der Waals surface area contributed by atoms with E-state index in [1.165, 1.54) is 0 Å². The van der Waals surface area contributed by atoms with E-state index in [0.717, 1.165) is 25.2 Å². The highest BCUT2D eigenvalue weighted by Crippen LogP contribution is 2.39. The number of amides is 2. The molecule has 0 aliphatic carbocycles. The number of Topliss-reactive ketones (excluding diaryl/α,β-unsaturated/α-hetero) is 1. The summed E-state index contributed by atoms with van der Waals surface area (Å²) in [4.78, 5) is 38.5. The van der Waals surface area contributed by atoms with Crippen molar-refractivity contribution < 1.29 is 9.59 Å². The van der Waals surface area contributed by atoms with E-state index < -0.39 is 5.41 Å². The van der Waals surface area contributed by atoms with Gasteiger partial charge in [-0.25, -0.2) is 14.8 Å². The lowest BCUT2D eigenvalue weighted by Crippen LogP contribution is -2.48. The van der Waals surface area contributed by atoms with E-state index >= 15 is 0 Å². The number of carbonyl (C=O) groups is 2. The van der Waals surface area contributed by atoms with Crippen LogP contribution in [0.2, 0.25) is 0 Å². The van der Waals surface area contributed by atoms with Crippen LogP contribution in [0, 0.1) is 17.8 Å². The topological polar surface area (TPSA) is 78.4 Å². The number of nitrogens with zero attached hydrogens (tertiary/aromatic N) is 4. The molecule has 2 amide bonds. The maximum absolute atomic E-state index is 13.1. The van der Waals surface area contributed by atoms with Gasteiger partial charge >= 0.3 is 6.03 Å². The Morgan fingerprint density at radius 2 is 2.14 bits per heavy atom. The second kappa shape index (κ2) is 7.21. The van der Waals surface area contributed by atoms with Crippen molar-refractivity contribution in [1.29, 1.82) is 0 Å². The van der Waals surface area contributed by atoms with Crippen molar-refractivity contribution in [2.75, 3.05) is 28.2 Å². The number of hydrogen-bond acceptors (Lipinski definition) is 5. The molecule has 0 saturated carbocycles. The molecule has 2 bridgehead atoms. The van der Waals surface area contributed by atoms with Gasteiger partial charge in [0.05, 0.1) is 11.7 Å². The molecule has 4 rings (SSSR count). The molecule has 2 aromatic heterocycles. The Bertz CT molecular complexity index is 996. The number of fused-ring (bicyclic) bond motifs is 4. The third kappa shape index (κ3) is 3.66. The van der Waals surface area contributed by atoms with Crippen LogP contribution in [0.15, 0.2) is 36.5 Å². The van der Waals surface area contributed by atoms with Gasteiger partial charge in [-0.1, -0.05) is 6.07 Å². The van der Waals surface area contributed by atoms with E-state index in [1.807, 2.05) is 26.0 Å². The lowest BCUT2D eigenvalue weighted by atomic mass is 9.87. The number of hydrogen-bond donors (Lipinski definition) is 1. The summed E-state index contributed by atoms with van der Waals surface area (Å²) in [6, 6.07) is 8.65. The van der Waals surface area contributed by atoms with Crippen LogP contribution in [0.4, 0.5) is 22.1 Å². The fraction of sp³-hybridized carbons (Fsp3) is 0.364. The highest BCUT2D eigenvalue weighted by Gasteiger charge is 2.40. The molecule has 2 aromatic rings. The Hall–Kier alpha value is -3.40. The van der Waals surface area contributed by atoms with Gasteiger partial charge in [-0.05, 0) is 44.5 Å². The quantitative estimate of drug-likeness (QED) is 0.641.